The lowest BCUT2D eigenvalue weighted by atomic mass is 10.4. The molecule has 0 fully saturated rings. The first-order chi connectivity index (χ1) is 8.90. The number of hydrogen-bond acceptors (Lipinski definition) is 5. The number of hydrogen-bond donors (Lipinski definition) is 2. The third-order valence-electron chi connectivity index (χ3n) is 2.10. The first kappa shape index (κ1) is 15.5. The minimum atomic E-state index is -0.481. The van der Waals surface area contributed by atoms with Crippen LogP contribution in [0.2, 0.25) is 0 Å². The van der Waals surface area contributed by atoms with Gasteiger partial charge in [-0.3, -0.25) is 10.1 Å². The largest absolute Gasteiger partial charge is 0.336 e. The third kappa shape index (κ3) is 5.29. The van der Waals surface area contributed by atoms with Crippen molar-refractivity contribution in [1.82, 2.24) is 25.4 Å². The van der Waals surface area contributed by atoms with Crippen LogP contribution in [0.25, 0.3) is 0 Å². The van der Waals surface area contributed by atoms with E-state index in [-0.39, 0.29) is 23.7 Å². The molecule has 0 aliphatic heterocycles. The number of aromatic nitrogens is 3. The number of nitrogens with zero attached hydrogens (tertiary/aromatic N) is 3. The monoisotopic (exact) mass is 285 g/mol. The summed E-state index contributed by atoms with van der Waals surface area (Å²) in [7, 11) is 0. The fraction of sp³-hybridized carbons (Fsp3) is 0.636. The SMILES string of the molecule is CC(C)NC(=O)NC(=O)CSc1nncn1C(C)C. The highest BCUT2D eigenvalue weighted by atomic mass is 32.2. The number of carbonyl (C=O) groups excluding carboxylic acids is 2. The number of urea groups is 1. The maximum Gasteiger partial charge on any atom is 0.321 e. The van der Waals surface area contributed by atoms with Crippen molar-refractivity contribution in [1.29, 1.82) is 0 Å². The summed E-state index contributed by atoms with van der Waals surface area (Å²) in [5.74, 6) is -0.238. The predicted molar refractivity (Wildman–Crippen MR) is 72.9 cm³/mol. The van der Waals surface area contributed by atoms with Gasteiger partial charge in [-0.05, 0) is 27.7 Å². The van der Waals surface area contributed by atoms with Crippen molar-refractivity contribution in [3.8, 4) is 0 Å². The van der Waals surface area contributed by atoms with Gasteiger partial charge in [0.05, 0.1) is 5.75 Å². The zero-order chi connectivity index (χ0) is 14.4. The highest BCUT2D eigenvalue weighted by molar-refractivity contribution is 7.99. The standard InChI is InChI=1S/C11H19N5O2S/c1-7(2)13-10(18)14-9(17)5-19-11-15-12-6-16(11)8(3)4/h6-8H,5H2,1-4H3,(H2,13,14,17,18). The van der Waals surface area contributed by atoms with E-state index in [4.69, 9.17) is 0 Å². The second-order valence-electron chi connectivity index (χ2n) is 4.58. The van der Waals surface area contributed by atoms with Crippen molar-refractivity contribution in [2.24, 2.45) is 0 Å². The molecule has 0 saturated heterocycles. The molecule has 19 heavy (non-hydrogen) atoms. The number of rotatable bonds is 5. The molecular weight excluding hydrogens is 266 g/mol. The molecule has 0 atom stereocenters. The summed E-state index contributed by atoms with van der Waals surface area (Å²) >= 11 is 1.25. The second-order valence-corrected chi connectivity index (χ2v) is 5.52. The lowest BCUT2D eigenvalue weighted by Crippen LogP contribution is -2.43. The van der Waals surface area contributed by atoms with Gasteiger partial charge in [0.15, 0.2) is 5.16 Å². The third-order valence-corrected chi connectivity index (χ3v) is 3.06. The molecule has 3 amide bonds. The Labute approximate surface area is 116 Å². The van der Waals surface area contributed by atoms with Crippen LogP contribution in [-0.4, -0.2) is 38.5 Å². The second kappa shape index (κ2) is 7.13. The summed E-state index contributed by atoms with van der Waals surface area (Å²) in [6, 6.07) is -0.264. The van der Waals surface area contributed by atoms with Crippen LogP contribution in [0.15, 0.2) is 11.5 Å². The van der Waals surface area contributed by atoms with Crippen molar-refractivity contribution in [3.63, 3.8) is 0 Å². The smallest absolute Gasteiger partial charge is 0.321 e. The number of carbonyl (C=O) groups is 2. The van der Waals surface area contributed by atoms with E-state index in [9.17, 15) is 9.59 Å². The first-order valence-electron chi connectivity index (χ1n) is 6.02. The van der Waals surface area contributed by atoms with Gasteiger partial charge in [0, 0.05) is 12.1 Å². The Morgan fingerprint density at radius 2 is 2.05 bits per heavy atom. The summed E-state index contributed by atoms with van der Waals surface area (Å²) in [6.07, 6.45) is 1.62. The maximum atomic E-state index is 11.6. The van der Waals surface area contributed by atoms with E-state index in [1.54, 1.807) is 6.33 Å². The van der Waals surface area contributed by atoms with E-state index in [1.807, 2.05) is 32.3 Å². The van der Waals surface area contributed by atoms with Gasteiger partial charge in [-0.25, -0.2) is 4.79 Å². The van der Waals surface area contributed by atoms with Gasteiger partial charge in [0.25, 0.3) is 0 Å². The maximum absolute atomic E-state index is 11.6. The summed E-state index contributed by atoms with van der Waals surface area (Å²) in [5.41, 5.74) is 0. The van der Waals surface area contributed by atoms with Crippen LogP contribution < -0.4 is 10.6 Å². The predicted octanol–water partition coefficient (Wildman–Crippen LogP) is 1.19. The van der Waals surface area contributed by atoms with Crippen molar-refractivity contribution in [2.75, 3.05) is 5.75 Å². The average molecular weight is 285 g/mol. The molecule has 7 nitrogen and oxygen atoms in total. The van der Waals surface area contributed by atoms with Crippen LogP contribution in [0.1, 0.15) is 33.7 Å². The molecule has 1 aromatic rings. The Balaban J connectivity index is 2.42. The minimum absolute atomic E-state index is 0.00973. The van der Waals surface area contributed by atoms with Gasteiger partial charge in [-0.2, -0.15) is 0 Å². The molecule has 106 valence electrons. The highest BCUT2D eigenvalue weighted by Crippen LogP contribution is 2.18. The van der Waals surface area contributed by atoms with Crippen LogP contribution in [0.3, 0.4) is 0 Å². The van der Waals surface area contributed by atoms with Crippen LogP contribution in [0.5, 0.6) is 0 Å². The molecule has 0 aliphatic rings. The van der Waals surface area contributed by atoms with E-state index in [2.05, 4.69) is 20.8 Å². The van der Waals surface area contributed by atoms with Gasteiger partial charge < -0.3 is 9.88 Å². The van der Waals surface area contributed by atoms with E-state index in [0.29, 0.717) is 5.16 Å². The quantitative estimate of drug-likeness (QED) is 0.793. The summed E-state index contributed by atoms with van der Waals surface area (Å²) < 4.78 is 1.87. The Morgan fingerprint density at radius 3 is 2.63 bits per heavy atom. The van der Waals surface area contributed by atoms with Gasteiger partial charge in [0.2, 0.25) is 5.91 Å². The first-order valence-corrected chi connectivity index (χ1v) is 7.01. The van der Waals surface area contributed by atoms with Gasteiger partial charge in [-0.15, -0.1) is 10.2 Å². The molecule has 0 radical (unpaired) electrons. The van der Waals surface area contributed by atoms with Gasteiger partial charge in [-0.1, -0.05) is 11.8 Å². The molecular formula is C11H19N5O2S. The fourth-order valence-electron chi connectivity index (χ4n) is 1.28. The molecule has 1 heterocycles. The van der Waals surface area contributed by atoms with Crippen LogP contribution in [-0.2, 0) is 4.79 Å². The lowest BCUT2D eigenvalue weighted by molar-refractivity contribution is -0.117. The lowest BCUT2D eigenvalue weighted by Gasteiger charge is -2.10. The highest BCUT2D eigenvalue weighted by Gasteiger charge is 2.12. The Bertz CT molecular complexity index is 444. The molecule has 0 saturated carbocycles. The van der Waals surface area contributed by atoms with Crippen molar-refractivity contribution in [3.05, 3.63) is 6.33 Å². The molecule has 2 N–H and O–H groups in total. The van der Waals surface area contributed by atoms with Crippen LogP contribution in [0, 0.1) is 0 Å². The van der Waals surface area contributed by atoms with E-state index < -0.39 is 6.03 Å². The van der Waals surface area contributed by atoms with E-state index in [1.165, 1.54) is 11.8 Å². The number of thioether (sulfide) groups is 1. The number of nitrogens with one attached hydrogen (secondary N) is 2. The Morgan fingerprint density at radius 1 is 1.37 bits per heavy atom. The van der Waals surface area contributed by atoms with Gasteiger partial charge in [0.1, 0.15) is 6.33 Å². The molecule has 0 spiro atoms. The fourth-order valence-corrected chi connectivity index (χ4v) is 2.12. The molecule has 0 aliphatic carbocycles. The van der Waals surface area contributed by atoms with Crippen molar-refractivity contribution >= 4 is 23.7 Å². The molecule has 0 aromatic carbocycles. The zero-order valence-electron chi connectivity index (χ0n) is 11.5. The normalized spacial score (nSPS) is 10.8. The topological polar surface area (TPSA) is 88.9 Å². The zero-order valence-corrected chi connectivity index (χ0v) is 12.3. The van der Waals surface area contributed by atoms with E-state index in [0.717, 1.165) is 0 Å². The van der Waals surface area contributed by atoms with E-state index >= 15 is 0 Å². The van der Waals surface area contributed by atoms with Gasteiger partial charge >= 0.3 is 6.03 Å². The Kier molecular flexibility index (Phi) is 5.81. The molecule has 0 unspecified atom stereocenters. The molecule has 1 aromatic heterocycles. The van der Waals surface area contributed by atoms with Crippen LogP contribution in [0.4, 0.5) is 4.79 Å². The number of imide groups is 1. The minimum Gasteiger partial charge on any atom is -0.336 e. The molecule has 1 rings (SSSR count). The molecule has 8 heteroatoms. The Hall–Kier alpha value is -1.57. The number of amides is 3. The molecule has 0 bridgehead atoms. The summed E-state index contributed by atoms with van der Waals surface area (Å²) in [5, 5.41) is 13.2. The van der Waals surface area contributed by atoms with Crippen molar-refractivity contribution < 1.29 is 9.59 Å². The average Bonchev–Trinajstić information content (AvgIpc) is 2.73. The van der Waals surface area contributed by atoms with Crippen molar-refractivity contribution in [2.45, 2.75) is 44.9 Å². The van der Waals surface area contributed by atoms with Crippen LogP contribution >= 0.6 is 11.8 Å². The summed E-state index contributed by atoms with van der Waals surface area (Å²) in [6.45, 7) is 7.65. The summed E-state index contributed by atoms with van der Waals surface area (Å²) in [4.78, 5) is 22.9.